The van der Waals surface area contributed by atoms with Crippen molar-refractivity contribution in [2.75, 3.05) is 13.1 Å². The first-order valence-corrected chi connectivity index (χ1v) is 8.96. The van der Waals surface area contributed by atoms with E-state index in [0.29, 0.717) is 11.8 Å². The third-order valence-electron chi connectivity index (χ3n) is 4.92. The van der Waals surface area contributed by atoms with Crippen LogP contribution in [0.4, 0.5) is 0 Å². The lowest BCUT2D eigenvalue weighted by Gasteiger charge is -2.21. The van der Waals surface area contributed by atoms with E-state index in [1.165, 1.54) is 41.9 Å². The summed E-state index contributed by atoms with van der Waals surface area (Å²) in [5.74, 6) is 1.40. The van der Waals surface area contributed by atoms with Gasteiger partial charge in [0.15, 0.2) is 0 Å². The largest absolute Gasteiger partial charge is 0.317 e. The summed E-state index contributed by atoms with van der Waals surface area (Å²) < 4.78 is 0. The van der Waals surface area contributed by atoms with Crippen LogP contribution < -0.4 is 5.32 Å². The predicted octanol–water partition coefficient (Wildman–Crippen LogP) is 3.88. The molecule has 110 valence electrons. The highest BCUT2D eigenvalue weighted by atomic mass is 32.1. The lowest BCUT2D eigenvalue weighted by atomic mass is 9.85. The molecular weight excluding hydrogens is 276 g/mol. The maximum atomic E-state index is 4.99. The van der Waals surface area contributed by atoms with Crippen molar-refractivity contribution in [2.24, 2.45) is 0 Å². The predicted molar refractivity (Wildman–Crippen MR) is 88.2 cm³/mol. The normalized spacial score (nSPS) is 23.0. The molecule has 1 atom stereocenters. The lowest BCUT2D eigenvalue weighted by Crippen LogP contribution is -2.26. The van der Waals surface area contributed by atoms with Crippen molar-refractivity contribution >= 4 is 11.3 Å². The van der Waals surface area contributed by atoms with Crippen molar-refractivity contribution in [3.63, 3.8) is 0 Å². The number of hydrogen-bond donors (Lipinski definition) is 1. The number of aromatic nitrogens is 1. The molecule has 1 aromatic carbocycles. The van der Waals surface area contributed by atoms with Crippen molar-refractivity contribution in [2.45, 2.75) is 43.9 Å². The van der Waals surface area contributed by atoms with Gasteiger partial charge in [-0.25, -0.2) is 4.98 Å². The fourth-order valence-electron chi connectivity index (χ4n) is 3.65. The standard InChI is InChI=1S/C18H22N2S/c1-2-4-13(5-3-1)15-6-7-16-17(12-15)21-18(20-16)14-8-10-19-11-9-14/h1-5,14-15,19H,6-12H2. The Bertz CT molecular complexity index is 599. The van der Waals surface area contributed by atoms with Crippen molar-refractivity contribution in [3.05, 3.63) is 51.5 Å². The van der Waals surface area contributed by atoms with Gasteiger partial charge in [0, 0.05) is 10.8 Å². The molecule has 1 fully saturated rings. The molecule has 2 heterocycles. The van der Waals surface area contributed by atoms with Gasteiger partial charge in [-0.15, -0.1) is 11.3 Å². The molecule has 2 aliphatic rings. The van der Waals surface area contributed by atoms with Gasteiger partial charge in [-0.05, 0) is 56.7 Å². The third-order valence-corrected chi connectivity index (χ3v) is 6.20. The van der Waals surface area contributed by atoms with Crippen molar-refractivity contribution < 1.29 is 0 Å². The molecule has 0 saturated carbocycles. The first kappa shape index (κ1) is 13.5. The van der Waals surface area contributed by atoms with Crippen LogP contribution in [0.5, 0.6) is 0 Å². The van der Waals surface area contributed by atoms with E-state index in [-0.39, 0.29) is 0 Å². The van der Waals surface area contributed by atoms with Gasteiger partial charge in [-0.2, -0.15) is 0 Å². The zero-order chi connectivity index (χ0) is 14.1. The fourth-order valence-corrected chi connectivity index (χ4v) is 5.01. The molecule has 1 N–H and O–H groups in total. The summed E-state index contributed by atoms with van der Waals surface area (Å²) >= 11 is 2.00. The lowest BCUT2D eigenvalue weighted by molar-refractivity contribution is 0.458. The van der Waals surface area contributed by atoms with Crippen LogP contribution in [0.15, 0.2) is 30.3 Å². The van der Waals surface area contributed by atoms with E-state index in [0.717, 1.165) is 19.5 Å². The molecule has 3 heteroatoms. The second-order valence-corrected chi connectivity index (χ2v) is 7.41. The van der Waals surface area contributed by atoms with Crippen LogP contribution in [-0.2, 0) is 12.8 Å². The van der Waals surface area contributed by atoms with Crippen LogP contribution in [-0.4, -0.2) is 18.1 Å². The van der Waals surface area contributed by atoms with Gasteiger partial charge in [-0.1, -0.05) is 30.3 Å². The molecular formula is C18H22N2S. The number of nitrogens with zero attached hydrogens (tertiary/aromatic N) is 1. The molecule has 1 aliphatic carbocycles. The van der Waals surface area contributed by atoms with E-state index in [2.05, 4.69) is 35.6 Å². The Labute approximate surface area is 130 Å². The Morgan fingerprint density at radius 2 is 1.81 bits per heavy atom. The van der Waals surface area contributed by atoms with Crippen molar-refractivity contribution in [1.82, 2.24) is 10.3 Å². The highest BCUT2D eigenvalue weighted by Gasteiger charge is 2.26. The first-order chi connectivity index (χ1) is 10.4. The number of benzene rings is 1. The van der Waals surface area contributed by atoms with Gasteiger partial charge < -0.3 is 5.32 Å². The average molecular weight is 298 g/mol. The Morgan fingerprint density at radius 1 is 1.00 bits per heavy atom. The average Bonchev–Trinajstić information content (AvgIpc) is 2.99. The topological polar surface area (TPSA) is 24.9 Å². The number of rotatable bonds is 2. The van der Waals surface area contributed by atoms with Crippen LogP contribution in [0.3, 0.4) is 0 Å². The number of aryl methyl sites for hydroxylation is 1. The highest BCUT2D eigenvalue weighted by Crippen LogP contribution is 2.38. The minimum atomic E-state index is 0.694. The Hall–Kier alpha value is -1.19. The summed E-state index contributed by atoms with van der Waals surface area (Å²) in [4.78, 5) is 6.55. The molecule has 21 heavy (non-hydrogen) atoms. The molecule has 4 rings (SSSR count). The molecule has 0 radical (unpaired) electrons. The summed E-state index contributed by atoms with van der Waals surface area (Å²) in [6.07, 6.45) is 6.13. The molecule has 1 aromatic heterocycles. The molecule has 1 saturated heterocycles. The molecule has 0 amide bonds. The number of piperidine rings is 1. The summed E-state index contributed by atoms with van der Waals surface area (Å²) in [5, 5.41) is 4.86. The first-order valence-electron chi connectivity index (χ1n) is 8.14. The summed E-state index contributed by atoms with van der Waals surface area (Å²) in [6, 6.07) is 11.0. The van der Waals surface area contributed by atoms with Crippen molar-refractivity contribution in [1.29, 1.82) is 0 Å². The van der Waals surface area contributed by atoms with Gasteiger partial charge in [0.2, 0.25) is 0 Å². The SMILES string of the molecule is c1ccc(C2CCc3nc(C4CCNCC4)sc3C2)cc1. The van der Waals surface area contributed by atoms with Crippen LogP contribution in [0, 0.1) is 0 Å². The molecule has 0 spiro atoms. The van der Waals surface area contributed by atoms with Gasteiger partial charge in [-0.3, -0.25) is 0 Å². The van der Waals surface area contributed by atoms with E-state index in [1.54, 1.807) is 4.88 Å². The number of thiazole rings is 1. The minimum absolute atomic E-state index is 0.694. The summed E-state index contributed by atoms with van der Waals surface area (Å²) in [7, 11) is 0. The van der Waals surface area contributed by atoms with Crippen LogP contribution in [0.2, 0.25) is 0 Å². The third kappa shape index (κ3) is 2.77. The smallest absolute Gasteiger partial charge is 0.0962 e. The quantitative estimate of drug-likeness (QED) is 0.910. The van der Waals surface area contributed by atoms with Gasteiger partial charge in [0.25, 0.3) is 0 Å². The van der Waals surface area contributed by atoms with Gasteiger partial charge in [0.05, 0.1) is 10.7 Å². The van der Waals surface area contributed by atoms with Gasteiger partial charge >= 0.3 is 0 Å². The molecule has 2 nitrogen and oxygen atoms in total. The molecule has 2 aromatic rings. The molecule has 1 unspecified atom stereocenters. The Kier molecular flexibility index (Phi) is 3.78. The number of fused-ring (bicyclic) bond motifs is 1. The monoisotopic (exact) mass is 298 g/mol. The molecule has 1 aliphatic heterocycles. The van der Waals surface area contributed by atoms with Crippen LogP contribution >= 0.6 is 11.3 Å². The maximum absolute atomic E-state index is 4.99. The van der Waals surface area contributed by atoms with Crippen molar-refractivity contribution in [3.8, 4) is 0 Å². The summed E-state index contributed by atoms with van der Waals surface area (Å²) in [6.45, 7) is 2.31. The second-order valence-electron chi connectivity index (χ2n) is 6.30. The van der Waals surface area contributed by atoms with E-state index in [9.17, 15) is 0 Å². The van der Waals surface area contributed by atoms with Gasteiger partial charge in [0.1, 0.15) is 0 Å². The zero-order valence-corrected chi connectivity index (χ0v) is 13.2. The Morgan fingerprint density at radius 3 is 2.62 bits per heavy atom. The van der Waals surface area contributed by atoms with Crippen LogP contribution in [0.1, 0.15) is 52.2 Å². The minimum Gasteiger partial charge on any atom is -0.317 e. The van der Waals surface area contributed by atoms with E-state index < -0.39 is 0 Å². The fraction of sp³-hybridized carbons (Fsp3) is 0.500. The number of nitrogens with one attached hydrogen (secondary N) is 1. The Balaban J connectivity index is 1.54. The highest BCUT2D eigenvalue weighted by molar-refractivity contribution is 7.11. The maximum Gasteiger partial charge on any atom is 0.0962 e. The second kappa shape index (κ2) is 5.90. The van der Waals surface area contributed by atoms with E-state index in [1.807, 2.05) is 11.3 Å². The van der Waals surface area contributed by atoms with E-state index >= 15 is 0 Å². The summed E-state index contributed by atoms with van der Waals surface area (Å²) in [5.41, 5.74) is 2.90. The van der Waals surface area contributed by atoms with E-state index in [4.69, 9.17) is 4.98 Å². The number of hydrogen-bond acceptors (Lipinski definition) is 3. The van der Waals surface area contributed by atoms with Crippen LogP contribution in [0.25, 0.3) is 0 Å². The molecule has 0 bridgehead atoms. The zero-order valence-electron chi connectivity index (χ0n) is 12.3.